The van der Waals surface area contributed by atoms with Gasteiger partial charge in [-0.2, -0.15) is 5.10 Å². The van der Waals surface area contributed by atoms with Gasteiger partial charge in [-0.25, -0.2) is 0 Å². The van der Waals surface area contributed by atoms with Crippen molar-refractivity contribution >= 4 is 28.9 Å². The van der Waals surface area contributed by atoms with E-state index in [0.717, 1.165) is 0 Å². The fourth-order valence-corrected chi connectivity index (χ4v) is 1.81. The summed E-state index contributed by atoms with van der Waals surface area (Å²) < 4.78 is 1.51. The number of carbonyl (C=O) groups excluding carboxylic acids is 1. The molecule has 2 aromatic rings. The third-order valence-electron chi connectivity index (χ3n) is 2.69. The maximum atomic E-state index is 12.2. The number of hydrogen-bond donors (Lipinski definition) is 2. The van der Waals surface area contributed by atoms with Crippen LogP contribution in [0.1, 0.15) is 21.6 Å². The third-order valence-corrected chi connectivity index (χ3v) is 2.91. The molecular formula is C12H13N5OS. The van der Waals surface area contributed by atoms with E-state index in [-0.39, 0.29) is 10.9 Å². The van der Waals surface area contributed by atoms with Crippen molar-refractivity contribution in [1.29, 1.82) is 0 Å². The SMILES string of the molecule is Cc1ncccc1C(=O)Nc1c(C(N)=S)cnn1C. The number of carbonyl (C=O) groups is 1. The summed E-state index contributed by atoms with van der Waals surface area (Å²) in [5.74, 6) is 0.201. The van der Waals surface area contributed by atoms with Gasteiger partial charge >= 0.3 is 0 Å². The van der Waals surface area contributed by atoms with E-state index in [9.17, 15) is 4.79 Å². The summed E-state index contributed by atoms with van der Waals surface area (Å²) in [7, 11) is 1.70. The first-order valence-corrected chi connectivity index (χ1v) is 5.96. The molecule has 0 aliphatic rings. The van der Waals surface area contributed by atoms with Gasteiger partial charge in [0.05, 0.1) is 17.3 Å². The van der Waals surface area contributed by atoms with Gasteiger partial charge in [-0.05, 0) is 19.1 Å². The van der Waals surface area contributed by atoms with Crippen LogP contribution >= 0.6 is 12.2 Å². The number of amides is 1. The lowest BCUT2D eigenvalue weighted by molar-refractivity contribution is 0.102. The standard InChI is InChI=1S/C12H13N5OS/c1-7-8(4-3-5-14-7)12(18)16-11-9(10(13)19)6-15-17(11)2/h3-6H,1-2H3,(H2,13,19)(H,16,18). The Balaban J connectivity index is 2.32. The lowest BCUT2D eigenvalue weighted by Gasteiger charge is -2.09. The van der Waals surface area contributed by atoms with Gasteiger partial charge in [-0.1, -0.05) is 12.2 Å². The van der Waals surface area contributed by atoms with E-state index < -0.39 is 0 Å². The molecule has 0 saturated carbocycles. The van der Waals surface area contributed by atoms with Crippen LogP contribution in [-0.2, 0) is 7.05 Å². The Morgan fingerprint density at radius 2 is 2.21 bits per heavy atom. The minimum atomic E-state index is -0.272. The highest BCUT2D eigenvalue weighted by atomic mass is 32.1. The molecule has 0 aliphatic carbocycles. The molecule has 7 heteroatoms. The topological polar surface area (TPSA) is 85.8 Å². The summed E-state index contributed by atoms with van der Waals surface area (Å²) in [6.45, 7) is 1.77. The summed E-state index contributed by atoms with van der Waals surface area (Å²) >= 11 is 4.92. The Morgan fingerprint density at radius 1 is 1.47 bits per heavy atom. The molecule has 0 aliphatic heterocycles. The smallest absolute Gasteiger partial charge is 0.258 e. The molecule has 19 heavy (non-hydrogen) atoms. The number of nitrogens with two attached hydrogens (primary N) is 1. The molecule has 98 valence electrons. The first-order valence-electron chi connectivity index (χ1n) is 5.55. The summed E-state index contributed by atoms with van der Waals surface area (Å²) in [5, 5.41) is 6.78. The van der Waals surface area contributed by atoms with Crippen molar-refractivity contribution in [1.82, 2.24) is 14.8 Å². The Morgan fingerprint density at radius 3 is 2.84 bits per heavy atom. The number of pyridine rings is 1. The Kier molecular flexibility index (Phi) is 3.57. The molecule has 1 amide bonds. The van der Waals surface area contributed by atoms with Gasteiger partial charge in [0.25, 0.3) is 5.91 Å². The van der Waals surface area contributed by atoms with Crippen LogP contribution in [0.3, 0.4) is 0 Å². The molecule has 0 fully saturated rings. The summed E-state index contributed by atoms with van der Waals surface area (Å²) in [4.78, 5) is 16.4. The van der Waals surface area contributed by atoms with Crippen molar-refractivity contribution < 1.29 is 4.79 Å². The molecule has 2 rings (SSSR count). The Labute approximate surface area is 115 Å². The van der Waals surface area contributed by atoms with Crippen molar-refractivity contribution in [2.45, 2.75) is 6.92 Å². The van der Waals surface area contributed by atoms with Crippen LogP contribution in [0, 0.1) is 6.92 Å². The van der Waals surface area contributed by atoms with Gasteiger partial charge in [0.2, 0.25) is 0 Å². The summed E-state index contributed by atoms with van der Waals surface area (Å²) in [6.07, 6.45) is 3.16. The number of anilines is 1. The highest BCUT2D eigenvalue weighted by molar-refractivity contribution is 7.80. The number of thiocarbonyl (C=S) groups is 1. The van der Waals surface area contributed by atoms with Gasteiger partial charge in [0.15, 0.2) is 0 Å². The largest absolute Gasteiger partial charge is 0.389 e. The van der Waals surface area contributed by atoms with E-state index in [0.29, 0.717) is 22.6 Å². The lowest BCUT2D eigenvalue weighted by atomic mass is 10.2. The molecule has 0 saturated heterocycles. The molecule has 0 unspecified atom stereocenters. The second-order valence-corrected chi connectivity index (χ2v) is 4.43. The zero-order valence-electron chi connectivity index (χ0n) is 10.5. The van der Waals surface area contributed by atoms with Crippen molar-refractivity contribution in [3.63, 3.8) is 0 Å². The molecule has 2 heterocycles. The minimum Gasteiger partial charge on any atom is -0.389 e. The average Bonchev–Trinajstić information content (AvgIpc) is 2.71. The van der Waals surface area contributed by atoms with Crippen LogP contribution < -0.4 is 11.1 Å². The second kappa shape index (κ2) is 5.15. The van der Waals surface area contributed by atoms with Gasteiger partial charge < -0.3 is 11.1 Å². The fraction of sp³-hybridized carbons (Fsp3) is 0.167. The highest BCUT2D eigenvalue weighted by Crippen LogP contribution is 2.15. The summed E-state index contributed by atoms with van der Waals surface area (Å²) in [5.41, 5.74) is 7.27. The maximum absolute atomic E-state index is 12.2. The predicted molar refractivity (Wildman–Crippen MR) is 76.0 cm³/mol. The first kappa shape index (κ1) is 13.2. The van der Waals surface area contributed by atoms with Crippen LogP contribution in [-0.4, -0.2) is 25.7 Å². The normalized spacial score (nSPS) is 10.2. The molecule has 0 aromatic carbocycles. The van der Waals surface area contributed by atoms with E-state index in [1.807, 2.05) is 0 Å². The van der Waals surface area contributed by atoms with Crippen molar-refractivity contribution in [3.05, 3.63) is 41.3 Å². The predicted octanol–water partition coefficient (Wildman–Crippen LogP) is 1.01. The Hall–Kier alpha value is -2.28. The van der Waals surface area contributed by atoms with Gasteiger partial charge in [0, 0.05) is 18.9 Å². The number of hydrogen-bond acceptors (Lipinski definition) is 4. The molecule has 3 N–H and O–H groups in total. The molecule has 2 aromatic heterocycles. The third kappa shape index (κ3) is 2.60. The zero-order chi connectivity index (χ0) is 14.0. The monoisotopic (exact) mass is 275 g/mol. The van der Waals surface area contributed by atoms with Crippen LogP contribution in [0.5, 0.6) is 0 Å². The minimum absolute atomic E-state index is 0.186. The van der Waals surface area contributed by atoms with E-state index in [1.165, 1.54) is 10.9 Å². The van der Waals surface area contributed by atoms with E-state index in [1.54, 1.807) is 32.3 Å². The zero-order valence-corrected chi connectivity index (χ0v) is 11.4. The molecule has 0 atom stereocenters. The van der Waals surface area contributed by atoms with Crippen LogP contribution in [0.2, 0.25) is 0 Å². The number of aromatic nitrogens is 3. The number of aryl methyl sites for hydroxylation is 2. The van der Waals surface area contributed by atoms with Crippen molar-refractivity contribution in [2.24, 2.45) is 12.8 Å². The molecule has 0 radical (unpaired) electrons. The van der Waals surface area contributed by atoms with Gasteiger partial charge in [0.1, 0.15) is 10.8 Å². The Bertz CT molecular complexity index is 649. The first-order chi connectivity index (χ1) is 9.00. The molecule has 0 bridgehead atoms. The van der Waals surface area contributed by atoms with E-state index in [2.05, 4.69) is 15.4 Å². The molecular weight excluding hydrogens is 262 g/mol. The number of nitrogens with one attached hydrogen (secondary N) is 1. The summed E-state index contributed by atoms with van der Waals surface area (Å²) in [6, 6.07) is 3.41. The second-order valence-electron chi connectivity index (χ2n) is 3.99. The quantitative estimate of drug-likeness (QED) is 0.816. The van der Waals surface area contributed by atoms with E-state index >= 15 is 0 Å². The molecule has 6 nitrogen and oxygen atoms in total. The van der Waals surface area contributed by atoms with Crippen molar-refractivity contribution in [2.75, 3.05) is 5.32 Å². The number of nitrogens with zero attached hydrogens (tertiary/aromatic N) is 3. The van der Waals surface area contributed by atoms with Gasteiger partial charge in [-0.15, -0.1) is 0 Å². The van der Waals surface area contributed by atoms with Crippen LogP contribution in [0.4, 0.5) is 5.82 Å². The van der Waals surface area contributed by atoms with Crippen molar-refractivity contribution in [3.8, 4) is 0 Å². The fourth-order valence-electron chi connectivity index (χ4n) is 1.67. The van der Waals surface area contributed by atoms with Crippen LogP contribution in [0.15, 0.2) is 24.5 Å². The number of rotatable bonds is 3. The van der Waals surface area contributed by atoms with Gasteiger partial charge in [-0.3, -0.25) is 14.5 Å². The van der Waals surface area contributed by atoms with Crippen LogP contribution in [0.25, 0.3) is 0 Å². The average molecular weight is 275 g/mol. The van der Waals surface area contributed by atoms with E-state index in [4.69, 9.17) is 18.0 Å². The maximum Gasteiger partial charge on any atom is 0.258 e. The molecule has 0 spiro atoms. The highest BCUT2D eigenvalue weighted by Gasteiger charge is 2.16. The lowest BCUT2D eigenvalue weighted by Crippen LogP contribution is -2.19.